The molecule has 6 rings (SSSR count). The van der Waals surface area contributed by atoms with Crippen molar-refractivity contribution in [1.82, 2.24) is 9.97 Å². The molecule has 0 bridgehead atoms. The Bertz CT molecular complexity index is 1180. The van der Waals surface area contributed by atoms with E-state index in [1.165, 1.54) is 49.1 Å². The van der Waals surface area contributed by atoms with E-state index in [1.54, 1.807) is 0 Å². The highest BCUT2D eigenvalue weighted by Gasteiger charge is 2.32. The molecule has 0 saturated heterocycles. The van der Waals surface area contributed by atoms with E-state index >= 15 is 0 Å². The number of hydrogen-bond donors (Lipinski definition) is 2. The summed E-state index contributed by atoms with van der Waals surface area (Å²) in [6, 6.07) is 28.3. The zero-order valence-corrected chi connectivity index (χ0v) is 15.1. The lowest BCUT2D eigenvalue weighted by Gasteiger charge is -2.24. The highest BCUT2D eigenvalue weighted by Crippen LogP contribution is 2.43. The average Bonchev–Trinajstić information content (AvgIpc) is 3.25. The molecule has 0 aliphatic carbocycles. The van der Waals surface area contributed by atoms with E-state index in [-0.39, 0.29) is 0 Å². The van der Waals surface area contributed by atoms with Gasteiger partial charge in [-0.3, -0.25) is 0 Å². The number of rotatable bonds is 1. The summed E-state index contributed by atoms with van der Waals surface area (Å²) in [5, 5.41) is 4.12. The number of H-pyrrole nitrogens is 2. The van der Waals surface area contributed by atoms with Gasteiger partial charge in [0.2, 0.25) is 0 Å². The summed E-state index contributed by atoms with van der Waals surface area (Å²) in [5.41, 5.74) is 8.21. The Balaban J connectivity index is 1.71. The third-order valence-corrected chi connectivity index (χ3v) is 7.87. The molecule has 1 aliphatic rings. The van der Waals surface area contributed by atoms with Crippen molar-refractivity contribution in [2.75, 3.05) is 0 Å². The second kappa shape index (κ2) is 5.33. The average molecular weight is 352 g/mol. The number of nitrogens with one attached hydrogen (secondary N) is 2. The van der Waals surface area contributed by atoms with Crippen LogP contribution in [0.25, 0.3) is 21.8 Å². The number of hydrogen-bond acceptors (Lipinski definition) is 0. The van der Waals surface area contributed by atoms with Crippen LogP contribution in [0.1, 0.15) is 11.1 Å². The quantitative estimate of drug-likeness (QED) is 0.413. The largest absolute Gasteiger partial charge is 0.354 e. The lowest BCUT2D eigenvalue weighted by Crippen LogP contribution is -2.30. The van der Waals surface area contributed by atoms with Crippen LogP contribution >= 0.6 is 7.92 Å². The minimum absolute atomic E-state index is 0.603. The topological polar surface area (TPSA) is 31.6 Å². The minimum atomic E-state index is -0.603. The first-order chi connectivity index (χ1) is 12.9. The van der Waals surface area contributed by atoms with Crippen LogP contribution < -0.4 is 16.2 Å². The maximum Gasteiger partial charge on any atom is 0.0537 e. The first-order valence-corrected chi connectivity index (χ1v) is 10.3. The summed E-state index contributed by atoms with van der Waals surface area (Å²) >= 11 is 0. The van der Waals surface area contributed by atoms with Gasteiger partial charge in [0.05, 0.1) is 10.9 Å². The van der Waals surface area contributed by atoms with Gasteiger partial charge in [0.1, 0.15) is 0 Å². The van der Waals surface area contributed by atoms with Gasteiger partial charge in [-0.25, -0.2) is 0 Å². The van der Waals surface area contributed by atoms with Gasteiger partial charge in [-0.1, -0.05) is 66.7 Å². The van der Waals surface area contributed by atoms with Crippen LogP contribution in [0.4, 0.5) is 0 Å². The van der Waals surface area contributed by atoms with E-state index in [0.717, 1.165) is 6.42 Å². The number of benzene rings is 3. The van der Waals surface area contributed by atoms with Crippen molar-refractivity contribution in [3.63, 3.8) is 0 Å². The number of aromatic amines is 2. The maximum absolute atomic E-state index is 3.76. The lowest BCUT2D eigenvalue weighted by molar-refractivity contribution is 1.25. The van der Waals surface area contributed by atoms with E-state index in [2.05, 4.69) is 88.8 Å². The van der Waals surface area contributed by atoms with Crippen molar-refractivity contribution in [3.8, 4) is 0 Å². The Morgan fingerprint density at radius 1 is 0.577 bits per heavy atom. The first-order valence-electron chi connectivity index (χ1n) is 8.94. The molecule has 0 radical (unpaired) electrons. The molecular formula is C23H17N2P. The Morgan fingerprint density at radius 2 is 1.08 bits per heavy atom. The predicted octanol–water partition coefficient (Wildman–Crippen LogP) is 4.31. The van der Waals surface area contributed by atoms with E-state index in [4.69, 9.17) is 0 Å². The molecule has 2 nitrogen and oxygen atoms in total. The van der Waals surface area contributed by atoms with Crippen LogP contribution in [-0.4, -0.2) is 9.97 Å². The van der Waals surface area contributed by atoms with Gasteiger partial charge in [0.25, 0.3) is 0 Å². The van der Waals surface area contributed by atoms with Gasteiger partial charge in [0, 0.05) is 36.1 Å². The summed E-state index contributed by atoms with van der Waals surface area (Å²) in [7, 11) is -0.603. The van der Waals surface area contributed by atoms with Gasteiger partial charge in [-0.15, -0.1) is 0 Å². The minimum Gasteiger partial charge on any atom is -0.354 e. The molecule has 0 amide bonds. The molecule has 3 heterocycles. The highest BCUT2D eigenvalue weighted by atomic mass is 31.1. The molecule has 2 aromatic heterocycles. The van der Waals surface area contributed by atoms with E-state index in [0.29, 0.717) is 0 Å². The molecule has 0 spiro atoms. The standard InChI is InChI=1S/C23H17N2P/c1-2-8-15(9-3-1)26-22-18(16-10-4-6-12-20(16)24-22)14-19-17-11-5-7-13-21(17)25-23(19)26/h1-13,24-25H,14H2. The van der Waals surface area contributed by atoms with Crippen molar-refractivity contribution in [3.05, 3.63) is 90.0 Å². The van der Waals surface area contributed by atoms with Crippen LogP contribution in [-0.2, 0) is 6.42 Å². The van der Waals surface area contributed by atoms with Gasteiger partial charge in [0.15, 0.2) is 0 Å². The van der Waals surface area contributed by atoms with Crippen LogP contribution in [0.5, 0.6) is 0 Å². The first kappa shape index (κ1) is 14.4. The van der Waals surface area contributed by atoms with E-state index in [1.807, 2.05) is 0 Å². The maximum atomic E-state index is 3.76. The van der Waals surface area contributed by atoms with Crippen LogP contribution in [0.3, 0.4) is 0 Å². The van der Waals surface area contributed by atoms with Gasteiger partial charge in [-0.05, 0) is 28.6 Å². The molecular weight excluding hydrogens is 335 g/mol. The third kappa shape index (κ3) is 1.91. The van der Waals surface area contributed by atoms with Gasteiger partial charge >= 0.3 is 0 Å². The Hall–Kier alpha value is -2.83. The molecule has 0 unspecified atom stereocenters. The molecule has 1 aliphatic heterocycles. The van der Waals surface area contributed by atoms with Crippen LogP contribution in [0.2, 0.25) is 0 Å². The number of para-hydroxylation sites is 2. The summed E-state index contributed by atoms with van der Waals surface area (Å²) in [5.74, 6) is 0. The fraction of sp³-hybridized carbons (Fsp3) is 0.0435. The Kier molecular flexibility index (Phi) is 2.94. The third-order valence-electron chi connectivity index (χ3n) is 5.40. The molecule has 0 saturated carbocycles. The summed E-state index contributed by atoms with van der Waals surface area (Å²) in [4.78, 5) is 7.52. The van der Waals surface area contributed by atoms with Crippen molar-refractivity contribution in [2.45, 2.75) is 6.42 Å². The molecule has 3 aromatic carbocycles. The van der Waals surface area contributed by atoms with Gasteiger partial charge < -0.3 is 9.97 Å². The van der Waals surface area contributed by atoms with E-state index < -0.39 is 7.92 Å². The molecule has 2 N–H and O–H groups in total. The molecule has 0 fully saturated rings. The summed E-state index contributed by atoms with van der Waals surface area (Å²) in [6.07, 6.45) is 0.990. The molecule has 5 aromatic rings. The number of aromatic nitrogens is 2. The van der Waals surface area contributed by atoms with Crippen molar-refractivity contribution >= 4 is 45.9 Å². The second-order valence-corrected chi connectivity index (χ2v) is 8.92. The summed E-state index contributed by atoms with van der Waals surface area (Å²) in [6.45, 7) is 0. The zero-order valence-electron chi connectivity index (χ0n) is 14.2. The molecule has 0 atom stereocenters. The van der Waals surface area contributed by atoms with Crippen LogP contribution in [0.15, 0.2) is 78.9 Å². The lowest BCUT2D eigenvalue weighted by atomic mass is 10.0. The second-order valence-electron chi connectivity index (χ2n) is 6.84. The fourth-order valence-corrected chi connectivity index (χ4v) is 6.85. The predicted molar refractivity (Wildman–Crippen MR) is 112 cm³/mol. The summed E-state index contributed by atoms with van der Waals surface area (Å²) < 4.78 is 0. The molecule has 3 heteroatoms. The van der Waals surface area contributed by atoms with Crippen LogP contribution in [0, 0.1) is 0 Å². The fourth-order valence-electron chi connectivity index (χ4n) is 4.24. The Morgan fingerprint density at radius 3 is 1.65 bits per heavy atom. The number of fused-ring (bicyclic) bond motifs is 6. The molecule has 26 heavy (non-hydrogen) atoms. The van der Waals surface area contributed by atoms with Crippen molar-refractivity contribution < 1.29 is 0 Å². The van der Waals surface area contributed by atoms with Gasteiger partial charge in [-0.2, -0.15) is 0 Å². The highest BCUT2D eigenvalue weighted by molar-refractivity contribution is 7.79. The Labute approximate surface area is 152 Å². The van der Waals surface area contributed by atoms with Crippen molar-refractivity contribution in [1.29, 1.82) is 0 Å². The molecule has 124 valence electrons. The monoisotopic (exact) mass is 352 g/mol. The van der Waals surface area contributed by atoms with E-state index in [9.17, 15) is 0 Å². The zero-order chi connectivity index (χ0) is 17.1. The van der Waals surface area contributed by atoms with Crippen molar-refractivity contribution in [2.24, 2.45) is 0 Å². The SMILES string of the molecule is c1ccc(P2c3[nH]c4ccccc4c3Cc3c2[nH]c2ccccc32)cc1. The normalized spacial score (nSPS) is 13.8. The smallest absolute Gasteiger partial charge is 0.0537 e.